The third-order valence-corrected chi connectivity index (χ3v) is 2.85. The van der Waals surface area contributed by atoms with Crippen molar-refractivity contribution in [2.45, 2.75) is 39.3 Å². The first kappa shape index (κ1) is 15.0. The van der Waals surface area contributed by atoms with Gasteiger partial charge in [-0.1, -0.05) is 5.10 Å². The van der Waals surface area contributed by atoms with Gasteiger partial charge in [0.1, 0.15) is 6.54 Å². The fraction of sp³-hybridized carbons (Fsp3) is 0.727. The third kappa shape index (κ3) is 4.58. The van der Waals surface area contributed by atoms with Gasteiger partial charge in [0.25, 0.3) is 11.9 Å². The summed E-state index contributed by atoms with van der Waals surface area (Å²) in [6, 6.07) is -0.482. The molecule has 2 rings (SSSR count). The number of aromatic nitrogens is 4. The highest BCUT2D eigenvalue weighted by Gasteiger charge is 2.17. The van der Waals surface area contributed by atoms with E-state index in [-0.39, 0.29) is 12.6 Å². The zero-order valence-electron chi connectivity index (χ0n) is 12.2. The highest BCUT2D eigenvalue weighted by molar-refractivity contribution is 5.80. The van der Waals surface area contributed by atoms with Crippen LogP contribution in [0, 0.1) is 0 Å². The molecular formula is C11H20N8O2. The van der Waals surface area contributed by atoms with E-state index in [0.717, 1.165) is 25.9 Å². The van der Waals surface area contributed by atoms with E-state index in [1.165, 1.54) is 4.80 Å². The van der Waals surface area contributed by atoms with Crippen molar-refractivity contribution in [3.63, 3.8) is 0 Å². The number of amides is 3. The lowest BCUT2D eigenvalue weighted by atomic mass is 10.4. The number of hydrogen-bond acceptors (Lipinski definition) is 6. The van der Waals surface area contributed by atoms with Crippen molar-refractivity contribution in [2.75, 3.05) is 18.0 Å². The molecule has 1 fully saturated rings. The SMILES string of the molecule is CC(C)NC(=O)NNC(=O)Cn1nnc(N2CCCC2)n1. The molecule has 1 aromatic rings. The minimum atomic E-state index is -0.470. The lowest BCUT2D eigenvalue weighted by molar-refractivity contribution is -0.122. The lowest BCUT2D eigenvalue weighted by Gasteiger charge is -2.11. The molecule has 0 radical (unpaired) electrons. The predicted octanol–water partition coefficient (Wildman–Crippen LogP) is -0.988. The molecule has 3 N–H and O–H groups in total. The van der Waals surface area contributed by atoms with Crippen LogP contribution in [0.3, 0.4) is 0 Å². The van der Waals surface area contributed by atoms with Crippen molar-refractivity contribution in [1.29, 1.82) is 0 Å². The van der Waals surface area contributed by atoms with Crippen molar-refractivity contribution < 1.29 is 9.59 Å². The second kappa shape index (κ2) is 6.86. The van der Waals surface area contributed by atoms with Gasteiger partial charge in [-0.3, -0.25) is 10.2 Å². The molecule has 0 aliphatic carbocycles. The van der Waals surface area contributed by atoms with Gasteiger partial charge in [0, 0.05) is 19.1 Å². The standard InChI is InChI=1S/C11H20N8O2/c1-8(2)12-11(21)15-13-9(20)7-19-16-10(14-17-19)18-5-3-4-6-18/h8H,3-7H2,1-2H3,(H,13,20)(H2,12,15,21). The molecule has 2 heterocycles. The van der Waals surface area contributed by atoms with Crippen molar-refractivity contribution in [3.05, 3.63) is 0 Å². The summed E-state index contributed by atoms with van der Waals surface area (Å²) in [5.41, 5.74) is 4.52. The van der Waals surface area contributed by atoms with Crippen LogP contribution < -0.4 is 21.1 Å². The van der Waals surface area contributed by atoms with Crippen LogP contribution in [0.25, 0.3) is 0 Å². The van der Waals surface area contributed by atoms with Gasteiger partial charge < -0.3 is 10.2 Å². The van der Waals surface area contributed by atoms with Crippen molar-refractivity contribution >= 4 is 17.9 Å². The first-order valence-corrected chi connectivity index (χ1v) is 6.92. The van der Waals surface area contributed by atoms with Gasteiger partial charge >= 0.3 is 6.03 Å². The smallest absolute Gasteiger partial charge is 0.333 e. The van der Waals surface area contributed by atoms with Crippen LogP contribution >= 0.6 is 0 Å². The number of tetrazole rings is 1. The van der Waals surface area contributed by atoms with E-state index in [0.29, 0.717) is 5.95 Å². The predicted molar refractivity (Wildman–Crippen MR) is 74.2 cm³/mol. The Labute approximate surface area is 122 Å². The molecule has 0 spiro atoms. The number of hydrazine groups is 1. The van der Waals surface area contributed by atoms with Crippen molar-refractivity contribution in [2.24, 2.45) is 0 Å². The van der Waals surface area contributed by atoms with Gasteiger partial charge in [0.15, 0.2) is 0 Å². The van der Waals surface area contributed by atoms with E-state index in [9.17, 15) is 9.59 Å². The fourth-order valence-electron chi connectivity index (χ4n) is 1.94. The number of carbonyl (C=O) groups excluding carboxylic acids is 2. The van der Waals surface area contributed by atoms with Crippen LogP contribution in [0.15, 0.2) is 0 Å². The summed E-state index contributed by atoms with van der Waals surface area (Å²) in [6.07, 6.45) is 2.23. The Hall–Kier alpha value is -2.39. The maximum Gasteiger partial charge on any atom is 0.333 e. The Balaban J connectivity index is 1.76. The highest BCUT2D eigenvalue weighted by Crippen LogP contribution is 2.13. The molecule has 0 bridgehead atoms. The number of nitrogens with one attached hydrogen (secondary N) is 3. The van der Waals surface area contributed by atoms with Crippen LogP contribution in [0.2, 0.25) is 0 Å². The van der Waals surface area contributed by atoms with E-state index >= 15 is 0 Å². The average Bonchev–Trinajstić information content (AvgIpc) is 3.05. The number of nitrogens with zero attached hydrogens (tertiary/aromatic N) is 5. The van der Waals surface area contributed by atoms with Crippen molar-refractivity contribution in [1.82, 2.24) is 36.4 Å². The summed E-state index contributed by atoms with van der Waals surface area (Å²) < 4.78 is 0. The Morgan fingerprint density at radius 2 is 1.95 bits per heavy atom. The average molecular weight is 296 g/mol. The molecule has 1 aliphatic heterocycles. The molecule has 10 heteroatoms. The van der Waals surface area contributed by atoms with Crippen LogP contribution in [0.5, 0.6) is 0 Å². The summed E-state index contributed by atoms with van der Waals surface area (Å²) in [7, 11) is 0. The minimum Gasteiger partial charge on any atom is -0.338 e. The van der Waals surface area contributed by atoms with Crippen LogP contribution in [-0.4, -0.2) is 51.3 Å². The molecule has 0 atom stereocenters. The minimum absolute atomic E-state index is 0.0121. The second-order valence-corrected chi connectivity index (χ2v) is 5.12. The number of rotatable bonds is 4. The summed E-state index contributed by atoms with van der Waals surface area (Å²) in [5.74, 6) is 0.102. The van der Waals surface area contributed by atoms with Gasteiger partial charge in [-0.15, -0.1) is 5.10 Å². The zero-order valence-corrected chi connectivity index (χ0v) is 12.2. The maximum atomic E-state index is 11.6. The van der Waals surface area contributed by atoms with Gasteiger partial charge in [0.05, 0.1) is 0 Å². The number of hydrogen-bond donors (Lipinski definition) is 3. The fourth-order valence-corrected chi connectivity index (χ4v) is 1.94. The number of urea groups is 1. The first-order chi connectivity index (χ1) is 10.0. The molecule has 0 unspecified atom stereocenters. The summed E-state index contributed by atoms with van der Waals surface area (Å²) >= 11 is 0. The van der Waals surface area contributed by atoms with Crippen LogP contribution in [0.1, 0.15) is 26.7 Å². The van der Waals surface area contributed by atoms with Gasteiger partial charge in [-0.2, -0.15) is 4.80 Å². The van der Waals surface area contributed by atoms with Crippen LogP contribution in [-0.2, 0) is 11.3 Å². The maximum absolute atomic E-state index is 11.6. The summed E-state index contributed by atoms with van der Waals surface area (Å²) in [5, 5.41) is 14.5. The Kier molecular flexibility index (Phi) is 4.90. The number of carbonyl (C=O) groups is 2. The van der Waals surface area contributed by atoms with Gasteiger partial charge in [-0.05, 0) is 31.9 Å². The van der Waals surface area contributed by atoms with Crippen molar-refractivity contribution in [3.8, 4) is 0 Å². The van der Waals surface area contributed by atoms with Crippen LogP contribution in [0.4, 0.5) is 10.7 Å². The summed E-state index contributed by atoms with van der Waals surface area (Å²) in [4.78, 5) is 26.2. The van der Waals surface area contributed by atoms with Gasteiger partial charge in [0.2, 0.25) is 0 Å². The normalized spacial score (nSPS) is 14.3. The zero-order chi connectivity index (χ0) is 15.2. The highest BCUT2D eigenvalue weighted by atomic mass is 16.2. The quantitative estimate of drug-likeness (QED) is 0.614. The Bertz CT molecular complexity index is 494. The molecular weight excluding hydrogens is 276 g/mol. The van der Waals surface area contributed by atoms with E-state index < -0.39 is 11.9 Å². The summed E-state index contributed by atoms with van der Waals surface area (Å²) in [6.45, 7) is 5.35. The molecule has 0 saturated carbocycles. The first-order valence-electron chi connectivity index (χ1n) is 6.92. The molecule has 21 heavy (non-hydrogen) atoms. The molecule has 0 aromatic carbocycles. The molecule has 1 aromatic heterocycles. The Morgan fingerprint density at radius 3 is 2.62 bits per heavy atom. The van der Waals surface area contributed by atoms with E-state index in [2.05, 4.69) is 31.6 Å². The van der Waals surface area contributed by atoms with E-state index in [1.54, 1.807) is 0 Å². The lowest BCUT2D eigenvalue weighted by Crippen LogP contribution is -2.49. The van der Waals surface area contributed by atoms with Gasteiger partial charge in [-0.25, -0.2) is 10.2 Å². The largest absolute Gasteiger partial charge is 0.338 e. The molecule has 1 saturated heterocycles. The number of anilines is 1. The molecule has 3 amide bonds. The monoisotopic (exact) mass is 296 g/mol. The molecule has 10 nitrogen and oxygen atoms in total. The van der Waals surface area contributed by atoms with E-state index in [4.69, 9.17) is 0 Å². The topological polar surface area (TPSA) is 117 Å². The van der Waals surface area contributed by atoms with E-state index in [1.807, 2.05) is 18.7 Å². The molecule has 1 aliphatic rings. The molecule has 116 valence electrons. The third-order valence-electron chi connectivity index (χ3n) is 2.85. The second-order valence-electron chi connectivity index (χ2n) is 5.12. The Morgan fingerprint density at radius 1 is 1.24 bits per heavy atom.